The molecule has 2 aromatic carbocycles. The zero-order chi connectivity index (χ0) is 15.3. The second-order valence-corrected chi connectivity index (χ2v) is 6.82. The molecule has 0 amide bonds. The summed E-state index contributed by atoms with van der Waals surface area (Å²) in [5.74, 6) is 0. The van der Waals surface area contributed by atoms with Crippen molar-refractivity contribution in [3.8, 4) is 11.1 Å². The summed E-state index contributed by atoms with van der Waals surface area (Å²) in [5.41, 5.74) is 7.66. The van der Waals surface area contributed by atoms with E-state index in [2.05, 4.69) is 4.72 Å². The van der Waals surface area contributed by atoms with Gasteiger partial charge < -0.3 is 5.73 Å². The first-order valence-electron chi connectivity index (χ1n) is 6.90. The highest BCUT2D eigenvalue weighted by atomic mass is 35.5. The molecule has 0 aromatic heterocycles. The van der Waals surface area contributed by atoms with E-state index in [0.717, 1.165) is 11.1 Å². The molecule has 2 rings (SSSR count). The Bertz CT molecular complexity index is 671. The van der Waals surface area contributed by atoms with Crippen LogP contribution in [0.15, 0.2) is 59.5 Å². The lowest BCUT2D eigenvalue weighted by atomic mass is 10.1. The third-order valence-electron chi connectivity index (χ3n) is 3.16. The average molecular weight is 341 g/mol. The molecular formula is C16H21ClN2O2S. The molecule has 1 atom stereocenters. The van der Waals surface area contributed by atoms with Crippen molar-refractivity contribution >= 4 is 22.4 Å². The first kappa shape index (κ1) is 18.6. The lowest BCUT2D eigenvalue weighted by molar-refractivity contribution is 0.572. The molecule has 120 valence electrons. The van der Waals surface area contributed by atoms with Crippen molar-refractivity contribution in [1.82, 2.24) is 4.72 Å². The Morgan fingerprint density at radius 3 is 2.09 bits per heavy atom. The van der Waals surface area contributed by atoms with Gasteiger partial charge in [-0.1, -0.05) is 42.5 Å². The third-order valence-corrected chi connectivity index (χ3v) is 4.64. The highest BCUT2D eigenvalue weighted by Crippen LogP contribution is 2.20. The van der Waals surface area contributed by atoms with Gasteiger partial charge in [0.25, 0.3) is 0 Å². The van der Waals surface area contributed by atoms with Gasteiger partial charge in [-0.25, -0.2) is 13.1 Å². The number of benzene rings is 2. The molecule has 6 heteroatoms. The second kappa shape index (κ2) is 8.29. The molecule has 0 aliphatic heterocycles. The van der Waals surface area contributed by atoms with Crippen molar-refractivity contribution in [3.05, 3.63) is 54.6 Å². The zero-order valence-corrected chi connectivity index (χ0v) is 14.0. The minimum absolute atomic E-state index is 0. The van der Waals surface area contributed by atoms with E-state index >= 15 is 0 Å². The Labute approximate surface area is 138 Å². The standard InChI is InChI=1S/C16H20N2O2S.ClH/c1-13(17)11-12-18-21(19,20)16-9-7-15(8-10-16)14-5-3-2-4-6-14;/h2-10,13,18H,11-12,17H2,1H3;1H. The van der Waals surface area contributed by atoms with E-state index in [9.17, 15) is 8.42 Å². The van der Waals surface area contributed by atoms with Gasteiger partial charge in [0.05, 0.1) is 4.90 Å². The normalized spacial score (nSPS) is 12.5. The number of nitrogens with one attached hydrogen (secondary N) is 1. The fourth-order valence-electron chi connectivity index (χ4n) is 1.96. The van der Waals surface area contributed by atoms with E-state index in [-0.39, 0.29) is 23.3 Å². The van der Waals surface area contributed by atoms with Gasteiger partial charge >= 0.3 is 0 Å². The fourth-order valence-corrected chi connectivity index (χ4v) is 3.01. The minimum atomic E-state index is -3.46. The van der Waals surface area contributed by atoms with Gasteiger partial charge in [0.15, 0.2) is 0 Å². The number of halogens is 1. The molecular weight excluding hydrogens is 320 g/mol. The van der Waals surface area contributed by atoms with Gasteiger partial charge in [0.1, 0.15) is 0 Å². The van der Waals surface area contributed by atoms with E-state index in [1.165, 1.54) is 0 Å². The molecule has 0 saturated carbocycles. The van der Waals surface area contributed by atoms with Gasteiger partial charge in [0.2, 0.25) is 10.0 Å². The number of sulfonamides is 1. The summed E-state index contributed by atoms with van der Waals surface area (Å²) in [7, 11) is -3.46. The van der Waals surface area contributed by atoms with E-state index in [1.807, 2.05) is 49.4 Å². The van der Waals surface area contributed by atoms with Crippen LogP contribution in [0.5, 0.6) is 0 Å². The molecule has 1 unspecified atom stereocenters. The highest BCUT2D eigenvalue weighted by molar-refractivity contribution is 7.89. The Kier molecular flexibility index (Phi) is 7.03. The van der Waals surface area contributed by atoms with Crippen LogP contribution >= 0.6 is 12.4 Å². The first-order valence-corrected chi connectivity index (χ1v) is 8.38. The van der Waals surface area contributed by atoms with E-state index < -0.39 is 10.0 Å². The summed E-state index contributed by atoms with van der Waals surface area (Å²) in [4.78, 5) is 0.270. The van der Waals surface area contributed by atoms with Crippen LogP contribution in [-0.2, 0) is 10.0 Å². The Morgan fingerprint density at radius 1 is 1.00 bits per heavy atom. The second-order valence-electron chi connectivity index (χ2n) is 5.05. The van der Waals surface area contributed by atoms with Crippen LogP contribution in [0.4, 0.5) is 0 Å². The van der Waals surface area contributed by atoms with Gasteiger partial charge in [-0.05, 0) is 36.6 Å². The van der Waals surface area contributed by atoms with Crippen LogP contribution in [0.1, 0.15) is 13.3 Å². The molecule has 0 spiro atoms. The molecule has 0 aliphatic rings. The summed E-state index contributed by atoms with van der Waals surface area (Å²) in [6, 6.07) is 16.7. The van der Waals surface area contributed by atoms with Crippen molar-refractivity contribution < 1.29 is 8.42 Å². The van der Waals surface area contributed by atoms with Crippen molar-refractivity contribution in [1.29, 1.82) is 0 Å². The van der Waals surface area contributed by atoms with Crippen molar-refractivity contribution in [2.75, 3.05) is 6.54 Å². The smallest absolute Gasteiger partial charge is 0.240 e. The van der Waals surface area contributed by atoms with Crippen LogP contribution in [0.3, 0.4) is 0 Å². The van der Waals surface area contributed by atoms with Crippen molar-refractivity contribution in [2.45, 2.75) is 24.3 Å². The Hall–Kier alpha value is -1.40. The summed E-state index contributed by atoms with van der Waals surface area (Å²) < 4.78 is 26.8. The van der Waals surface area contributed by atoms with Crippen molar-refractivity contribution in [2.24, 2.45) is 5.73 Å². The summed E-state index contributed by atoms with van der Waals surface area (Å²) in [6.07, 6.45) is 0.612. The molecule has 0 bridgehead atoms. The first-order chi connectivity index (χ1) is 9.99. The minimum Gasteiger partial charge on any atom is -0.328 e. The van der Waals surface area contributed by atoms with Crippen LogP contribution in [0.25, 0.3) is 11.1 Å². The SMILES string of the molecule is CC(N)CCNS(=O)(=O)c1ccc(-c2ccccc2)cc1.Cl. The largest absolute Gasteiger partial charge is 0.328 e. The fraction of sp³-hybridized carbons (Fsp3) is 0.250. The average Bonchev–Trinajstić information content (AvgIpc) is 2.48. The molecule has 0 heterocycles. The van der Waals surface area contributed by atoms with E-state index in [4.69, 9.17) is 5.73 Å². The molecule has 22 heavy (non-hydrogen) atoms. The van der Waals surface area contributed by atoms with Crippen molar-refractivity contribution in [3.63, 3.8) is 0 Å². The topological polar surface area (TPSA) is 72.2 Å². The third kappa shape index (κ3) is 5.10. The van der Waals surface area contributed by atoms with Crippen LogP contribution < -0.4 is 10.5 Å². The number of hydrogen-bond donors (Lipinski definition) is 2. The van der Waals surface area contributed by atoms with Gasteiger partial charge in [0, 0.05) is 12.6 Å². The maximum absolute atomic E-state index is 12.1. The molecule has 3 N–H and O–H groups in total. The number of nitrogens with two attached hydrogens (primary N) is 1. The zero-order valence-electron chi connectivity index (χ0n) is 12.4. The lowest BCUT2D eigenvalue weighted by Gasteiger charge is -2.09. The Morgan fingerprint density at radius 2 is 1.55 bits per heavy atom. The molecule has 4 nitrogen and oxygen atoms in total. The predicted octanol–water partition coefficient (Wildman–Crippen LogP) is 2.79. The predicted molar refractivity (Wildman–Crippen MR) is 92.6 cm³/mol. The summed E-state index contributed by atoms with van der Waals surface area (Å²) >= 11 is 0. The molecule has 2 aromatic rings. The summed E-state index contributed by atoms with van der Waals surface area (Å²) in [6.45, 7) is 2.20. The Balaban J connectivity index is 0.00000242. The lowest BCUT2D eigenvalue weighted by Crippen LogP contribution is -2.29. The van der Waals surface area contributed by atoms with Gasteiger partial charge in [-0.2, -0.15) is 0 Å². The maximum atomic E-state index is 12.1. The molecule has 0 saturated heterocycles. The quantitative estimate of drug-likeness (QED) is 0.849. The monoisotopic (exact) mass is 340 g/mol. The molecule has 0 aliphatic carbocycles. The van der Waals surface area contributed by atoms with E-state index in [0.29, 0.717) is 13.0 Å². The van der Waals surface area contributed by atoms with Crippen LogP contribution in [0.2, 0.25) is 0 Å². The maximum Gasteiger partial charge on any atom is 0.240 e. The number of hydrogen-bond acceptors (Lipinski definition) is 3. The van der Waals surface area contributed by atoms with Gasteiger partial charge in [-0.15, -0.1) is 12.4 Å². The summed E-state index contributed by atoms with van der Waals surface area (Å²) in [5, 5.41) is 0. The highest BCUT2D eigenvalue weighted by Gasteiger charge is 2.13. The van der Waals surface area contributed by atoms with Crippen LogP contribution in [0, 0.1) is 0 Å². The van der Waals surface area contributed by atoms with Crippen LogP contribution in [-0.4, -0.2) is 21.0 Å². The molecule has 0 radical (unpaired) electrons. The van der Waals surface area contributed by atoms with E-state index in [1.54, 1.807) is 12.1 Å². The van der Waals surface area contributed by atoms with Gasteiger partial charge in [-0.3, -0.25) is 0 Å². The molecule has 0 fully saturated rings. The number of rotatable bonds is 6.